The molecule has 2 heteroatoms. The van der Waals surface area contributed by atoms with Crippen molar-refractivity contribution in [2.75, 3.05) is 13.2 Å². The summed E-state index contributed by atoms with van der Waals surface area (Å²) < 4.78 is 11.5. The second kappa shape index (κ2) is 3.58. The van der Waals surface area contributed by atoms with Crippen LogP contribution in [0.5, 0.6) is 0 Å². The van der Waals surface area contributed by atoms with E-state index in [2.05, 4.69) is 27.7 Å². The largest absolute Gasteiger partial charge is 0.350 e. The summed E-state index contributed by atoms with van der Waals surface area (Å²) in [4.78, 5) is 0. The van der Waals surface area contributed by atoms with Gasteiger partial charge >= 0.3 is 0 Å². The third kappa shape index (κ3) is 3.28. The van der Waals surface area contributed by atoms with E-state index in [1.54, 1.807) is 0 Å². The van der Waals surface area contributed by atoms with Crippen molar-refractivity contribution in [2.24, 2.45) is 11.3 Å². The van der Waals surface area contributed by atoms with Crippen molar-refractivity contribution in [3.8, 4) is 0 Å². The Kier molecular flexibility index (Phi) is 3.03. The van der Waals surface area contributed by atoms with Crippen LogP contribution in [-0.4, -0.2) is 19.0 Å². The Morgan fingerprint density at radius 1 is 1.08 bits per heavy atom. The number of hydrogen-bond acceptors (Lipinski definition) is 2. The summed E-state index contributed by atoms with van der Waals surface area (Å²) in [7, 11) is 0. The molecule has 0 aliphatic carbocycles. The van der Waals surface area contributed by atoms with Crippen molar-refractivity contribution in [3.63, 3.8) is 0 Å². The standard InChI is InChI=1S/C11H22O2/c1-9(2)6-11(5)12-7-10(3,4)8-13-11/h9H,6-8H2,1-5H3. The van der Waals surface area contributed by atoms with E-state index < -0.39 is 0 Å². The summed E-state index contributed by atoms with van der Waals surface area (Å²) in [6.07, 6.45) is 0.975. The van der Waals surface area contributed by atoms with Crippen LogP contribution < -0.4 is 0 Å². The van der Waals surface area contributed by atoms with E-state index in [0.29, 0.717) is 5.92 Å². The van der Waals surface area contributed by atoms with Gasteiger partial charge in [0, 0.05) is 11.8 Å². The Labute approximate surface area is 81.6 Å². The maximum absolute atomic E-state index is 5.77. The molecule has 1 aliphatic heterocycles. The van der Waals surface area contributed by atoms with Gasteiger partial charge in [-0.05, 0) is 12.8 Å². The van der Waals surface area contributed by atoms with Gasteiger partial charge in [-0.15, -0.1) is 0 Å². The molecular formula is C11H22O2. The summed E-state index contributed by atoms with van der Waals surface area (Å²) in [6, 6.07) is 0. The average molecular weight is 186 g/mol. The van der Waals surface area contributed by atoms with Crippen LogP contribution in [0, 0.1) is 11.3 Å². The fourth-order valence-electron chi connectivity index (χ4n) is 1.64. The first-order valence-corrected chi connectivity index (χ1v) is 5.11. The van der Waals surface area contributed by atoms with Gasteiger partial charge in [-0.3, -0.25) is 0 Å². The van der Waals surface area contributed by atoms with Crippen LogP contribution in [-0.2, 0) is 9.47 Å². The van der Waals surface area contributed by atoms with Crippen LogP contribution in [0.3, 0.4) is 0 Å². The molecule has 0 aromatic heterocycles. The van der Waals surface area contributed by atoms with Gasteiger partial charge in [-0.1, -0.05) is 27.7 Å². The molecule has 2 nitrogen and oxygen atoms in total. The minimum Gasteiger partial charge on any atom is -0.350 e. The second-order valence-electron chi connectivity index (χ2n) is 5.47. The topological polar surface area (TPSA) is 18.5 Å². The molecule has 0 aromatic carbocycles. The second-order valence-corrected chi connectivity index (χ2v) is 5.47. The SMILES string of the molecule is CC(C)CC1(C)OCC(C)(C)CO1. The first-order valence-electron chi connectivity index (χ1n) is 5.11. The predicted molar refractivity (Wildman–Crippen MR) is 53.5 cm³/mol. The molecule has 0 aromatic rings. The highest BCUT2D eigenvalue weighted by atomic mass is 16.7. The van der Waals surface area contributed by atoms with Crippen molar-refractivity contribution in [1.82, 2.24) is 0 Å². The first-order chi connectivity index (χ1) is 5.83. The molecule has 1 saturated heterocycles. The zero-order valence-electron chi connectivity index (χ0n) is 9.52. The van der Waals surface area contributed by atoms with Crippen LogP contribution in [0.1, 0.15) is 41.0 Å². The fourth-order valence-corrected chi connectivity index (χ4v) is 1.64. The van der Waals surface area contributed by atoms with Crippen molar-refractivity contribution >= 4 is 0 Å². The number of ether oxygens (including phenoxy) is 2. The molecular weight excluding hydrogens is 164 g/mol. The van der Waals surface area contributed by atoms with Crippen molar-refractivity contribution in [3.05, 3.63) is 0 Å². The third-order valence-electron chi connectivity index (χ3n) is 2.32. The molecule has 1 fully saturated rings. The monoisotopic (exact) mass is 186 g/mol. The Hall–Kier alpha value is -0.0800. The summed E-state index contributed by atoms with van der Waals surface area (Å²) in [5.74, 6) is 0.273. The summed E-state index contributed by atoms with van der Waals surface area (Å²) in [5, 5.41) is 0. The molecule has 13 heavy (non-hydrogen) atoms. The normalized spacial score (nSPS) is 26.3. The van der Waals surface area contributed by atoms with Crippen molar-refractivity contribution in [2.45, 2.75) is 46.8 Å². The van der Waals surface area contributed by atoms with Gasteiger partial charge in [0.15, 0.2) is 5.79 Å². The lowest BCUT2D eigenvalue weighted by atomic mass is 9.93. The molecule has 0 saturated carbocycles. The van der Waals surface area contributed by atoms with Crippen LogP contribution in [0.4, 0.5) is 0 Å². The Morgan fingerprint density at radius 2 is 1.54 bits per heavy atom. The van der Waals surface area contributed by atoms with E-state index in [1.165, 1.54) is 0 Å². The van der Waals surface area contributed by atoms with E-state index >= 15 is 0 Å². The van der Waals surface area contributed by atoms with Gasteiger partial charge in [0.1, 0.15) is 0 Å². The predicted octanol–water partition coefficient (Wildman–Crippen LogP) is 2.82. The van der Waals surface area contributed by atoms with Crippen LogP contribution >= 0.6 is 0 Å². The lowest BCUT2D eigenvalue weighted by Crippen LogP contribution is -2.46. The molecule has 0 unspecified atom stereocenters. The minimum atomic E-state index is -0.344. The zero-order valence-corrected chi connectivity index (χ0v) is 9.52. The van der Waals surface area contributed by atoms with Crippen LogP contribution in [0.2, 0.25) is 0 Å². The molecule has 0 spiro atoms. The Balaban J connectivity index is 2.47. The van der Waals surface area contributed by atoms with Gasteiger partial charge in [0.25, 0.3) is 0 Å². The highest BCUT2D eigenvalue weighted by Gasteiger charge is 2.36. The van der Waals surface area contributed by atoms with Crippen molar-refractivity contribution in [1.29, 1.82) is 0 Å². The maximum atomic E-state index is 5.77. The highest BCUT2D eigenvalue weighted by molar-refractivity contribution is 4.77. The maximum Gasteiger partial charge on any atom is 0.165 e. The number of hydrogen-bond donors (Lipinski definition) is 0. The molecule has 0 radical (unpaired) electrons. The van der Waals surface area contributed by atoms with E-state index in [4.69, 9.17) is 9.47 Å². The first kappa shape index (κ1) is 11.0. The third-order valence-corrected chi connectivity index (χ3v) is 2.32. The van der Waals surface area contributed by atoms with E-state index in [0.717, 1.165) is 19.6 Å². The molecule has 0 bridgehead atoms. The van der Waals surface area contributed by atoms with E-state index in [1.807, 2.05) is 6.92 Å². The zero-order chi connectivity index (χ0) is 10.1. The molecule has 0 amide bonds. The molecule has 0 atom stereocenters. The van der Waals surface area contributed by atoms with Gasteiger partial charge in [0.05, 0.1) is 13.2 Å². The van der Waals surface area contributed by atoms with Gasteiger partial charge < -0.3 is 9.47 Å². The molecule has 1 rings (SSSR count). The smallest absolute Gasteiger partial charge is 0.165 e. The van der Waals surface area contributed by atoms with Crippen LogP contribution in [0.25, 0.3) is 0 Å². The Morgan fingerprint density at radius 3 is 1.92 bits per heavy atom. The lowest BCUT2D eigenvalue weighted by molar-refractivity contribution is -0.295. The quantitative estimate of drug-likeness (QED) is 0.660. The molecule has 0 N–H and O–H groups in total. The van der Waals surface area contributed by atoms with Crippen LogP contribution in [0.15, 0.2) is 0 Å². The molecule has 78 valence electrons. The van der Waals surface area contributed by atoms with Gasteiger partial charge in [-0.25, -0.2) is 0 Å². The summed E-state index contributed by atoms with van der Waals surface area (Å²) in [5.41, 5.74) is 0.177. The van der Waals surface area contributed by atoms with Crippen molar-refractivity contribution < 1.29 is 9.47 Å². The fraction of sp³-hybridized carbons (Fsp3) is 1.00. The van der Waals surface area contributed by atoms with E-state index in [9.17, 15) is 0 Å². The van der Waals surface area contributed by atoms with Gasteiger partial charge in [-0.2, -0.15) is 0 Å². The summed E-state index contributed by atoms with van der Waals surface area (Å²) >= 11 is 0. The average Bonchev–Trinajstić information content (AvgIpc) is 1.95. The molecule has 1 heterocycles. The van der Waals surface area contributed by atoms with E-state index in [-0.39, 0.29) is 11.2 Å². The van der Waals surface area contributed by atoms with Gasteiger partial charge in [0.2, 0.25) is 0 Å². The summed E-state index contributed by atoms with van der Waals surface area (Å²) in [6.45, 7) is 12.4. The number of rotatable bonds is 2. The lowest BCUT2D eigenvalue weighted by Gasteiger charge is -2.42. The highest BCUT2D eigenvalue weighted by Crippen LogP contribution is 2.32. The minimum absolute atomic E-state index is 0.177. The molecule has 1 aliphatic rings. The Bertz CT molecular complexity index is 163.